The van der Waals surface area contributed by atoms with Gasteiger partial charge >= 0.3 is 0 Å². The predicted octanol–water partition coefficient (Wildman–Crippen LogP) is -5.76. The molecule has 9 N–H and O–H groups in total. The van der Waals surface area contributed by atoms with Crippen molar-refractivity contribution in [3.63, 3.8) is 0 Å². The molecular formula is C12H24O11. The summed E-state index contributed by atoms with van der Waals surface area (Å²) < 4.78 is 10.1. The van der Waals surface area contributed by atoms with E-state index in [0.29, 0.717) is 0 Å². The third-order valence-corrected chi connectivity index (χ3v) is 3.62. The molecule has 1 rings (SSSR count). The summed E-state index contributed by atoms with van der Waals surface area (Å²) >= 11 is 0. The number of aliphatic hydroxyl groups excluding tert-OH is 9. The molecule has 1 aliphatic rings. The van der Waals surface area contributed by atoms with Crippen molar-refractivity contribution in [2.75, 3.05) is 19.8 Å². The highest BCUT2D eigenvalue weighted by Gasteiger charge is 2.46. The molecule has 1 fully saturated rings. The second kappa shape index (κ2) is 9.15. The number of hydrogen-bond acceptors (Lipinski definition) is 11. The second-order valence-electron chi connectivity index (χ2n) is 5.29. The van der Waals surface area contributed by atoms with Gasteiger partial charge in [0.25, 0.3) is 0 Å². The number of rotatable bonds is 8. The monoisotopic (exact) mass is 344 g/mol. The Morgan fingerprint density at radius 2 is 1.39 bits per heavy atom. The lowest BCUT2D eigenvalue weighted by Gasteiger charge is -2.42. The van der Waals surface area contributed by atoms with E-state index in [4.69, 9.17) is 24.8 Å². The van der Waals surface area contributed by atoms with Crippen LogP contribution >= 0.6 is 0 Å². The lowest BCUT2D eigenvalue weighted by atomic mass is 9.98. The van der Waals surface area contributed by atoms with Gasteiger partial charge in [0.15, 0.2) is 6.29 Å². The fraction of sp³-hybridized carbons (Fsp3) is 1.00. The van der Waals surface area contributed by atoms with Crippen LogP contribution in [-0.4, -0.2) is 121 Å². The summed E-state index contributed by atoms with van der Waals surface area (Å²) in [6.45, 7) is -2.45. The van der Waals surface area contributed by atoms with Gasteiger partial charge in [-0.05, 0) is 0 Å². The summed E-state index contributed by atoms with van der Waals surface area (Å²) in [5.74, 6) is 0. The van der Waals surface area contributed by atoms with E-state index in [2.05, 4.69) is 0 Å². The summed E-state index contributed by atoms with van der Waals surface area (Å²) in [6.07, 6.45) is -15.1. The first-order valence-electron chi connectivity index (χ1n) is 7.00. The Morgan fingerprint density at radius 1 is 0.826 bits per heavy atom. The first kappa shape index (κ1) is 20.6. The Balaban J connectivity index is 2.89. The first-order chi connectivity index (χ1) is 10.8. The van der Waals surface area contributed by atoms with Crippen molar-refractivity contribution < 1.29 is 55.4 Å². The molecule has 0 bridgehead atoms. The Morgan fingerprint density at radius 3 is 1.87 bits per heavy atom. The molecule has 0 radical (unpaired) electrons. The van der Waals surface area contributed by atoms with Crippen molar-refractivity contribution >= 4 is 0 Å². The Labute approximate surface area is 131 Å². The molecule has 0 aromatic rings. The lowest BCUT2D eigenvalue weighted by Crippen LogP contribution is -2.61. The van der Waals surface area contributed by atoms with Crippen molar-refractivity contribution in [1.29, 1.82) is 0 Å². The lowest BCUT2D eigenvalue weighted by molar-refractivity contribution is -0.327. The van der Waals surface area contributed by atoms with Crippen molar-refractivity contribution in [3.8, 4) is 0 Å². The van der Waals surface area contributed by atoms with E-state index in [1.54, 1.807) is 0 Å². The van der Waals surface area contributed by atoms with Crippen LogP contribution < -0.4 is 0 Å². The van der Waals surface area contributed by atoms with Crippen LogP contribution in [-0.2, 0) is 9.47 Å². The molecule has 0 aliphatic carbocycles. The molecule has 0 aromatic heterocycles. The van der Waals surface area contributed by atoms with Crippen LogP contribution in [0.2, 0.25) is 0 Å². The zero-order valence-corrected chi connectivity index (χ0v) is 12.2. The van der Waals surface area contributed by atoms with Gasteiger partial charge < -0.3 is 55.4 Å². The van der Waals surface area contributed by atoms with Crippen LogP contribution in [0.4, 0.5) is 0 Å². The molecule has 1 heterocycles. The summed E-state index contributed by atoms with van der Waals surface area (Å²) in [6, 6.07) is 0. The fourth-order valence-corrected chi connectivity index (χ4v) is 2.16. The van der Waals surface area contributed by atoms with Gasteiger partial charge in [-0.2, -0.15) is 0 Å². The molecule has 1 saturated heterocycles. The van der Waals surface area contributed by atoms with Crippen molar-refractivity contribution in [1.82, 2.24) is 0 Å². The zero-order valence-electron chi connectivity index (χ0n) is 12.2. The van der Waals surface area contributed by atoms with Crippen molar-refractivity contribution in [3.05, 3.63) is 0 Å². The van der Waals surface area contributed by atoms with Crippen molar-refractivity contribution in [2.24, 2.45) is 0 Å². The maximum Gasteiger partial charge on any atom is 0.187 e. The minimum Gasteiger partial charge on any atom is -0.394 e. The topological polar surface area (TPSA) is 201 Å². The van der Waals surface area contributed by atoms with E-state index in [1.165, 1.54) is 0 Å². The summed E-state index contributed by atoms with van der Waals surface area (Å²) in [5.41, 5.74) is 0. The third kappa shape index (κ3) is 4.78. The standard InChI is InChI=1S/C12H24O11/c13-1-4(16)7(18)11(5(17)2-14)23-12-10(21)9(20)8(19)6(3-15)22-12/h4-21H,1-3H2/t4?,5?,6?,7-,8+,9+,10?,11-,12+/m1/s1. The molecule has 0 spiro atoms. The minimum atomic E-state index is -1.85. The smallest absolute Gasteiger partial charge is 0.187 e. The molecule has 0 amide bonds. The molecule has 138 valence electrons. The average molecular weight is 344 g/mol. The molecular weight excluding hydrogens is 320 g/mol. The molecule has 11 heteroatoms. The maximum atomic E-state index is 9.83. The predicted molar refractivity (Wildman–Crippen MR) is 70.8 cm³/mol. The van der Waals surface area contributed by atoms with E-state index in [-0.39, 0.29) is 0 Å². The maximum absolute atomic E-state index is 9.83. The highest BCUT2D eigenvalue weighted by molar-refractivity contribution is 4.91. The fourth-order valence-electron chi connectivity index (χ4n) is 2.16. The van der Waals surface area contributed by atoms with E-state index in [1.807, 2.05) is 0 Å². The molecule has 0 saturated carbocycles. The zero-order chi connectivity index (χ0) is 17.7. The molecule has 23 heavy (non-hydrogen) atoms. The van der Waals surface area contributed by atoms with Crippen LogP contribution in [0.1, 0.15) is 0 Å². The average Bonchev–Trinajstić information content (AvgIpc) is 2.57. The van der Waals surface area contributed by atoms with Gasteiger partial charge in [0.2, 0.25) is 0 Å². The SMILES string of the molecule is OCC(O)[C@@H](O)[C@H](O[C@@H]1OC(CO)[C@H](O)[C@H](O)C1O)C(O)CO. The Hall–Kier alpha value is -0.440. The van der Waals surface area contributed by atoms with Crippen molar-refractivity contribution in [2.45, 2.75) is 55.1 Å². The van der Waals surface area contributed by atoms with Crippen LogP contribution in [0, 0.1) is 0 Å². The summed E-state index contributed by atoms with van der Waals surface area (Å²) in [5, 5.41) is 84.9. The molecule has 0 aromatic carbocycles. The second-order valence-corrected chi connectivity index (χ2v) is 5.29. The number of aliphatic hydroxyl groups is 9. The molecule has 9 atom stereocenters. The quantitative estimate of drug-likeness (QED) is 0.203. The highest BCUT2D eigenvalue weighted by Crippen LogP contribution is 2.24. The molecule has 1 aliphatic heterocycles. The minimum absolute atomic E-state index is 0.708. The Bertz CT molecular complexity index is 341. The third-order valence-electron chi connectivity index (χ3n) is 3.62. The summed E-state index contributed by atoms with van der Waals surface area (Å²) in [4.78, 5) is 0. The van der Waals surface area contributed by atoms with Gasteiger partial charge in [0.1, 0.15) is 48.8 Å². The van der Waals surface area contributed by atoms with E-state index in [9.17, 15) is 30.6 Å². The van der Waals surface area contributed by atoms with E-state index < -0.39 is 74.9 Å². The highest BCUT2D eigenvalue weighted by atomic mass is 16.7. The van der Waals surface area contributed by atoms with E-state index >= 15 is 0 Å². The Kier molecular flexibility index (Phi) is 8.20. The van der Waals surface area contributed by atoms with Gasteiger partial charge in [0.05, 0.1) is 19.8 Å². The van der Waals surface area contributed by atoms with Crippen LogP contribution in [0.25, 0.3) is 0 Å². The normalized spacial score (nSPS) is 37.2. The van der Waals surface area contributed by atoms with Gasteiger partial charge in [0, 0.05) is 0 Å². The van der Waals surface area contributed by atoms with E-state index in [0.717, 1.165) is 0 Å². The number of hydrogen-bond donors (Lipinski definition) is 9. The summed E-state index contributed by atoms with van der Waals surface area (Å²) in [7, 11) is 0. The molecule has 11 nitrogen and oxygen atoms in total. The van der Waals surface area contributed by atoms with Crippen LogP contribution in [0.15, 0.2) is 0 Å². The van der Waals surface area contributed by atoms with Gasteiger partial charge in [-0.1, -0.05) is 0 Å². The van der Waals surface area contributed by atoms with Crippen LogP contribution in [0.3, 0.4) is 0 Å². The van der Waals surface area contributed by atoms with Gasteiger partial charge in [-0.15, -0.1) is 0 Å². The number of ether oxygens (including phenoxy) is 2. The molecule has 4 unspecified atom stereocenters. The largest absolute Gasteiger partial charge is 0.394 e. The first-order valence-corrected chi connectivity index (χ1v) is 7.00. The van der Waals surface area contributed by atoms with Crippen LogP contribution in [0.5, 0.6) is 0 Å². The van der Waals surface area contributed by atoms with Gasteiger partial charge in [-0.25, -0.2) is 0 Å². The van der Waals surface area contributed by atoms with Gasteiger partial charge in [-0.3, -0.25) is 0 Å².